The topological polar surface area (TPSA) is 20.3 Å². The third-order valence-electron chi connectivity index (χ3n) is 2.05. The minimum atomic E-state index is 0.175. The van der Waals surface area contributed by atoms with E-state index in [0.717, 1.165) is 13.0 Å². The molecule has 0 saturated carbocycles. The van der Waals surface area contributed by atoms with Crippen molar-refractivity contribution in [1.29, 1.82) is 0 Å². The minimum absolute atomic E-state index is 0.175. The van der Waals surface area contributed by atoms with Gasteiger partial charge in [-0.05, 0) is 12.3 Å². The van der Waals surface area contributed by atoms with Gasteiger partial charge in [0, 0.05) is 19.5 Å². The fourth-order valence-corrected chi connectivity index (χ4v) is 1.19. The summed E-state index contributed by atoms with van der Waals surface area (Å²) >= 11 is 0. The Kier molecular flexibility index (Phi) is 4.95. The summed E-state index contributed by atoms with van der Waals surface area (Å²) in [7, 11) is 1.88. The number of carbonyl (C=O) groups excluding carboxylic acids is 1. The van der Waals surface area contributed by atoms with E-state index in [1.165, 1.54) is 0 Å². The van der Waals surface area contributed by atoms with Crippen molar-refractivity contribution in [1.82, 2.24) is 4.90 Å². The number of rotatable bonds is 4. The van der Waals surface area contributed by atoms with E-state index in [1.54, 1.807) is 0 Å². The highest BCUT2D eigenvalue weighted by molar-refractivity contribution is 5.78. The van der Waals surface area contributed by atoms with Crippen LogP contribution in [0.5, 0.6) is 0 Å². The van der Waals surface area contributed by atoms with Crippen molar-refractivity contribution in [2.24, 2.45) is 11.8 Å². The lowest BCUT2D eigenvalue weighted by molar-refractivity contribution is -0.134. The van der Waals surface area contributed by atoms with Gasteiger partial charge in [-0.1, -0.05) is 27.7 Å². The quantitative estimate of drug-likeness (QED) is 0.634. The van der Waals surface area contributed by atoms with Crippen LogP contribution in [0.2, 0.25) is 0 Å². The maximum atomic E-state index is 11.5. The van der Waals surface area contributed by atoms with Gasteiger partial charge in [-0.3, -0.25) is 4.79 Å². The van der Waals surface area contributed by atoms with E-state index in [0.29, 0.717) is 5.92 Å². The molecule has 0 aliphatic rings. The van der Waals surface area contributed by atoms with Crippen molar-refractivity contribution >= 4 is 5.91 Å². The second-order valence-electron chi connectivity index (χ2n) is 3.92. The van der Waals surface area contributed by atoms with Crippen LogP contribution >= 0.6 is 0 Å². The van der Waals surface area contributed by atoms with Crippen molar-refractivity contribution in [2.45, 2.75) is 34.1 Å². The van der Waals surface area contributed by atoms with E-state index in [9.17, 15) is 4.79 Å². The van der Waals surface area contributed by atoms with Crippen LogP contribution in [-0.4, -0.2) is 24.4 Å². The maximum Gasteiger partial charge on any atom is 0.225 e. The summed E-state index contributed by atoms with van der Waals surface area (Å²) in [5.74, 6) is 1.00. The smallest absolute Gasteiger partial charge is 0.225 e. The van der Waals surface area contributed by atoms with Gasteiger partial charge < -0.3 is 4.90 Å². The van der Waals surface area contributed by atoms with Gasteiger partial charge in [0.25, 0.3) is 0 Å². The highest BCUT2D eigenvalue weighted by atomic mass is 16.2. The molecule has 0 aromatic rings. The Morgan fingerprint density at radius 2 is 1.83 bits per heavy atom. The molecule has 0 fully saturated rings. The summed E-state index contributed by atoms with van der Waals surface area (Å²) in [6.07, 6.45) is 0.932. The zero-order valence-corrected chi connectivity index (χ0v) is 8.92. The lowest BCUT2D eigenvalue weighted by Crippen LogP contribution is -2.34. The minimum Gasteiger partial charge on any atom is -0.345 e. The molecule has 1 unspecified atom stereocenters. The molecule has 0 N–H and O–H groups in total. The Labute approximate surface area is 75.9 Å². The van der Waals surface area contributed by atoms with Crippen molar-refractivity contribution < 1.29 is 4.79 Å². The number of nitrogens with zero attached hydrogens (tertiary/aromatic N) is 1. The predicted octanol–water partition coefficient (Wildman–Crippen LogP) is 2.15. The van der Waals surface area contributed by atoms with Crippen LogP contribution in [0.3, 0.4) is 0 Å². The van der Waals surface area contributed by atoms with Gasteiger partial charge in [0.05, 0.1) is 0 Å². The van der Waals surface area contributed by atoms with E-state index in [4.69, 9.17) is 0 Å². The lowest BCUT2D eigenvalue weighted by atomic mass is 10.1. The van der Waals surface area contributed by atoms with E-state index >= 15 is 0 Å². The van der Waals surface area contributed by atoms with Crippen molar-refractivity contribution in [3.05, 3.63) is 0 Å². The molecule has 0 spiro atoms. The van der Waals surface area contributed by atoms with E-state index < -0.39 is 0 Å². The standard InChI is InChI=1S/C10H21NO/c1-6-9(4)10(12)11(5)7-8(2)3/h8-9H,6-7H2,1-5H3. The van der Waals surface area contributed by atoms with Crippen LogP contribution in [0, 0.1) is 11.8 Å². The summed E-state index contributed by atoms with van der Waals surface area (Å²) in [6.45, 7) is 9.15. The molecule has 1 atom stereocenters. The van der Waals surface area contributed by atoms with Crippen LogP contribution in [0.4, 0.5) is 0 Å². The van der Waals surface area contributed by atoms with Crippen LogP contribution in [0.15, 0.2) is 0 Å². The molecule has 2 heteroatoms. The van der Waals surface area contributed by atoms with Crippen molar-refractivity contribution in [3.63, 3.8) is 0 Å². The zero-order chi connectivity index (χ0) is 9.72. The molecule has 2 nitrogen and oxygen atoms in total. The van der Waals surface area contributed by atoms with E-state index in [2.05, 4.69) is 13.8 Å². The summed E-state index contributed by atoms with van der Waals surface area (Å²) in [5.41, 5.74) is 0. The number of hydrogen-bond donors (Lipinski definition) is 0. The first-order chi connectivity index (χ1) is 5.49. The molecule has 0 radical (unpaired) electrons. The molecule has 0 bridgehead atoms. The average Bonchev–Trinajstić information content (AvgIpc) is 2.00. The number of carbonyl (C=O) groups is 1. The first kappa shape index (κ1) is 11.5. The third kappa shape index (κ3) is 3.74. The third-order valence-corrected chi connectivity index (χ3v) is 2.05. The molecule has 0 rings (SSSR count). The molecular weight excluding hydrogens is 150 g/mol. The number of amides is 1. The molecule has 0 aliphatic heterocycles. The first-order valence-electron chi connectivity index (χ1n) is 4.74. The Morgan fingerprint density at radius 1 is 1.33 bits per heavy atom. The predicted molar refractivity (Wildman–Crippen MR) is 51.9 cm³/mol. The van der Waals surface area contributed by atoms with Crippen molar-refractivity contribution in [3.8, 4) is 0 Å². The largest absolute Gasteiger partial charge is 0.345 e. The molecule has 0 aromatic heterocycles. The normalized spacial score (nSPS) is 13.2. The molecule has 0 heterocycles. The maximum absolute atomic E-state index is 11.5. The van der Waals surface area contributed by atoms with E-state index in [-0.39, 0.29) is 11.8 Å². The fraction of sp³-hybridized carbons (Fsp3) is 0.900. The SMILES string of the molecule is CCC(C)C(=O)N(C)CC(C)C. The monoisotopic (exact) mass is 171 g/mol. The Bertz CT molecular complexity index is 143. The molecule has 1 amide bonds. The van der Waals surface area contributed by atoms with E-state index in [1.807, 2.05) is 25.8 Å². The van der Waals surface area contributed by atoms with Crippen molar-refractivity contribution in [2.75, 3.05) is 13.6 Å². The molecule has 12 heavy (non-hydrogen) atoms. The lowest BCUT2D eigenvalue weighted by Gasteiger charge is -2.22. The van der Waals surface area contributed by atoms with Gasteiger partial charge in [0.2, 0.25) is 5.91 Å². The van der Waals surface area contributed by atoms with Gasteiger partial charge >= 0.3 is 0 Å². The molecule has 0 aliphatic carbocycles. The molecule has 0 aromatic carbocycles. The molecular formula is C10H21NO. The molecule has 72 valence electrons. The summed E-state index contributed by atoms with van der Waals surface area (Å²) in [6, 6.07) is 0. The second kappa shape index (κ2) is 5.18. The van der Waals surface area contributed by atoms with Gasteiger partial charge in [0.1, 0.15) is 0 Å². The van der Waals surface area contributed by atoms with Crippen LogP contribution in [0.25, 0.3) is 0 Å². The Morgan fingerprint density at radius 3 is 2.17 bits per heavy atom. The summed E-state index contributed by atoms with van der Waals surface area (Å²) < 4.78 is 0. The van der Waals surface area contributed by atoms with Gasteiger partial charge in [0.15, 0.2) is 0 Å². The Hall–Kier alpha value is -0.530. The zero-order valence-electron chi connectivity index (χ0n) is 8.92. The summed E-state index contributed by atoms with van der Waals surface area (Å²) in [4.78, 5) is 13.4. The van der Waals surface area contributed by atoms with Crippen LogP contribution in [0.1, 0.15) is 34.1 Å². The first-order valence-corrected chi connectivity index (χ1v) is 4.74. The molecule has 0 saturated heterocycles. The second-order valence-corrected chi connectivity index (χ2v) is 3.92. The van der Waals surface area contributed by atoms with Crippen LogP contribution in [-0.2, 0) is 4.79 Å². The van der Waals surface area contributed by atoms with Crippen LogP contribution < -0.4 is 0 Å². The van der Waals surface area contributed by atoms with Gasteiger partial charge in [-0.15, -0.1) is 0 Å². The summed E-state index contributed by atoms with van der Waals surface area (Å²) in [5, 5.41) is 0. The van der Waals surface area contributed by atoms with Gasteiger partial charge in [-0.2, -0.15) is 0 Å². The highest BCUT2D eigenvalue weighted by Crippen LogP contribution is 2.06. The Balaban J connectivity index is 3.92. The highest BCUT2D eigenvalue weighted by Gasteiger charge is 2.15. The number of hydrogen-bond acceptors (Lipinski definition) is 1. The average molecular weight is 171 g/mol. The van der Waals surface area contributed by atoms with Gasteiger partial charge in [-0.25, -0.2) is 0 Å². The fourth-order valence-electron chi connectivity index (χ4n) is 1.19.